The molecule has 1 aromatic carbocycles. The van der Waals surface area contributed by atoms with Crippen LogP contribution in [-0.4, -0.2) is 25.4 Å². The van der Waals surface area contributed by atoms with Gasteiger partial charge in [-0.25, -0.2) is 13.1 Å². The summed E-state index contributed by atoms with van der Waals surface area (Å²) in [5.74, 6) is 0. The third-order valence-electron chi connectivity index (χ3n) is 3.57. The number of aromatic amines is 1. The zero-order valence-corrected chi connectivity index (χ0v) is 13.6. The number of nitrogens with zero attached hydrogens (tertiary/aromatic N) is 1. The monoisotopic (exact) mass is 335 g/mol. The van der Waals surface area contributed by atoms with Crippen LogP contribution in [0.2, 0.25) is 5.15 Å². The highest BCUT2D eigenvalue weighted by atomic mass is 35.5. The van der Waals surface area contributed by atoms with Crippen molar-refractivity contribution in [3.05, 3.63) is 47.4 Å². The van der Waals surface area contributed by atoms with Crippen molar-refractivity contribution in [3.8, 4) is 11.1 Å². The fraction of sp³-hybridized carbons (Fsp3) is 0.133. The summed E-state index contributed by atoms with van der Waals surface area (Å²) in [5, 5.41) is 1.39. The number of rotatable bonds is 3. The molecule has 5 nitrogen and oxygen atoms in total. The van der Waals surface area contributed by atoms with Crippen molar-refractivity contribution in [2.24, 2.45) is 0 Å². The van der Waals surface area contributed by atoms with Crippen LogP contribution in [0.3, 0.4) is 0 Å². The van der Waals surface area contributed by atoms with E-state index in [1.807, 2.05) is 31.2 Å². The van der Waals surface area contributed by atoms with Crippen molar-refractivity contribution < 1.29 is 8.42 Å². The van der Waals surface area contributed by atoms with Crippen molar-refractivity contribution >= 4 is 32.5 Å². The molecule has 2 heterocycles. The molecule has 0 spiro atoms. The van der Waals surface area contributed by atoms with E-state index in [0.717, 1.165) is 16.5 Å². The third kappa shape index (κ3) is 2.39. The summed E-state index contributed by atoms with van der Waals surface area (Å²) in [4.78, 5) is 7.41. The van der Waals surface area contributed by atoms with Crippen LogP contribution in [0.4, 0.5) is 0 Å². The Labute approximate surface area is 133 Å². The van der Waals surface area contributed by atoms with Gasteiger partial charge in [0.2, 0.25) is 10.0 Å². The highest BCUT2D eigenvalue weighted by Gasteiger charge is 2.18. The molecule has 0 unspecified atom stereocenters. The van der Waals surface area contributed by atoms with E-state index < -0.39 is 10.0 Å². The van der Waals surface area contributed by atoms with E-state index in [9.17, 15) is 8.42 Å². The molecular formula is C15H14ClN3O2S. The fourth-order valence-electron chi connectivity index (χ4n) is 2.40. The molecule has 3 aromatic rings. The van der Waals surface area contributed by atoms with Crippen LogP contribution in [0, 0.1) is 6.92 Å². The summed E-state index contributed by atoms with van der Waals surface area (Å²) in [6, 6.07) is 9.27. The largest absolute Gasteiger partial charge is 0.345 e. The standard InChI is InChI=1S/C15H14ClN3O2S/c1-9-12(7-10(8-18-9)22(20,21)17-2)14-11-5-3-4-6-13(11)19-15(14)16/h3-8,17,19H,1-2H3. The molecule has 0 aliphatic rings. The molecular weight excluding hydrogens is 322 g/mol. The maximum Gasteiger partial charge on any atom is 0.241 e. The first kappa shape index (κ1) is 15.0. The minimum absolute atomic E-state index is 0.108. The number of fused-ring (bicyclic) bond motifs is 1. The van der Waals surface area contributed by atoms with E-state index >= 15 is 0 Å². The summed E-state index contributed by atoms with van der Waals surface area (Å²) >= 11 is 6.33. The Morgan fingerprint density at radius 2 is 2.00 bits per heavy atom. The summed E-state index contributed by atoms with van der Waals surface area (Å²) in [7, 11) is -2.19. The van der Waals surface area contributed by atoms with Gasteiger partial charge in [-0.1, -0.05) is 29.8 Å². The molecule has 0 saturated heterocycles. The van der Waals surface area contributed by atoms with Crippen molar-refractivity contribution in [1.82, 2.24) is 14.7 Å². The van der Waals surface area contributed by atoms with Crippen LogP contribution in [0.25, 0.3) is 22.0 Å². The van der Waals surface area contributed by atoms with E-state index in [0.29, 0.717) is 16.4 Å². The molecule has 0 radical (unpaired) electrons. The smallest absolute Gasteiger partial charge is 0.241 e. The minimum atomic E-state index is -3.56. The maximum atomic E-state index is 12.0. The zero-order chi connectivity index (χ0) is 15.9. The predicted molar refractivity (Wildman–Crippen MR) is 87.5 cm³/mol. The van der Waals surface area contributed by atoms with E-state index in [2.05, 4.69) is 14.7 Å². The first-order valence-corrected chi connectivity index (χ1v) is 8.47. The number of halogens is 1. The second kappa shape index (κ2) is 5.39. The number of benzene rings is 1. The Balaban J connectivity index is 2.31. The van der Waals surface area contributed by atoms with Gasteiger partial charge in [0, 0.05) is 33.9 Å². The minimum Gasteiger partial charge on any atom is -0.345 e. The van der Waals surface area contributed by atoms with Crippen LogP contribution in [-0.2, 0) is 10.0 Å². The molecule has 0 amide bonds. The fourth-order valence-corrected chi connectivity index (χ4v) is 3.41. The quantitative estimate of drug-likeness (QED) is 0.772. The van der Waals surface area contributed by atoms with Crippen LogP contribution >= 0.6 is 11.6 Å². The van der Waals surface area contributed by atoms with Gasteiger partial charge in [-0.2, -0.15) is 0 Å². The highest BCUT2D eigenvalue weighted by molar-refractivity contribution is 7.89. The third-order valence-corrected chi connectivity index (χ3v) is 5.24. The normalized spacial score (nSPS) is 12.0. The number of sulfonamides is 1. The summed E-state index contributed by atoms with van der Waals surface area (Å²) < 4.78 is 26.3. The van der Waals surface area contributed by atoms with Crippen molar-refractivity contribution in [2.75, 3.05) is 7.05 Å². The molecule has 2 N–H and O–H groups in total. The molecule has 0 bridgehead atoms. The van der Waals surface area contributed by atoms with Crippen LogP contribution < -0.4 is 4.72 Å². The first-order valence-electron chi connectivity index (χ1n) is 6.61. The van der Waals surface area contributed by atoms with Gasteiger partial charge in [0.1, 0.15) is 10.0 Å². The molecule has 0 fully saturated rings. The van der Waals surface area contributed by atoms with Gasteiger partial charge < -0.3 is 4.98 Å². The highest BCUT2D eigenvalue weighted by Crippen LogP contribution is 2.37. The van der Waals surface area contributed by atoms with E-state index in [-0.39, 0.29) is 4.90 Å². The number of H-pyrrole nitrogens is 1. The molecule has 0 aliphatic carbocycles. The molecule has 114 valence electrons. The summed E-state index contributed by atoms with van der Waals surface area (Å²) in [6.45, 7) is 1.82. The van der Waals surface area contributed by atoms with Crippen LogP contribution in [0.15, 0.2) is 41.4 Å². The molecule has 0 aliphatic heterocycles. The number of para-hydroxylation sites is 1. The lowest BCUT2D eigenvalue weighted by Crippen LogP contribution is -2.19. The Morgan fingerprint density at radius 3 is 2.73 bits per heavy atom. The lowest BCUT2D eigenvalue weighted by atomic mass is 10.0. The average Bonchev–Trinajstić information content (AvgIpc) is 2.83. The molecule has 3 rings (SSSR count). The first-order chi connectivity index (χ1) is 10.4. The predicted octanol–water partition coefficient (Wildman–Crippen LogP) is 3.10. The Morgan fingerprint density at radius 1 is 1.27 bits per heavy atom. The number of aromatic nitrogens is 2. The van der Waals surface area contributed by atoms with Crippen LogP contribution in [0.5, 0.6) is 0 Å². The summed E-state index contributed by atoms with van der Waals surface area (Å²) in [6.07, 6.45) is 1.34. The SMILES string of the molecule is CNS(=O)(=O)c1cnc(C)c(-c2c(Cl)[nH]c3ccccc23)c1. The zero-order valence-electron chi connectivity index (χ0n) is 12.0. The maximum absolute atomic E-state index is 12.0. The molecule has 7 heteroatoms. The van der Waals surface area contributed by atoms with Crippen LogP contribution in [0.1, 0.15) is 5.69 Å². The van der Waals surface area contributed by atoms with Gasteiger partial charge in [-0.05, 0) is 26.1 Å². The second-order valence-electron chi connectivity index (χ2n) is 4.87. The second-order valence-corrected chi connectivity index (χ2v) is 7.14. The number of hydrogen-bond acceptors (Lipinski definition) is 3. The Bertz CT molecular complexity index is 964. The van der Waals surface area contributed by atoms with Gasteiger partial charge >= 0.3 is 0 Å². The Kier molecular flexibility index (Phi) is 3.68. The van der Waals surface area contributed by atoms with Gasteiger partial charge in [-0.3, -0.25) is 4.98 Å². The lowest BCUT2D eigenvalue weighted by Gasteiger charge is -2.08. The van der Waals surface area contributed by atoms with Gasteiger partial charge in [0.25, 0.3) is 0 Å². The van der Waals surface area contributed by atoms with Gasteiger partial charge in [0.05, 0.1) is 0 Å². The average molecular weight is 336 g/mol. The van der Waals surface area contributed by atoms with Gasteiger partial charge in [-0.15, -0.1) is 0 Å². The molecule has 22 heavy (non-hydrogen) atoms. The number of pyridine rings is 1. The molecule has 0 atom stereocenters. The Hall–Kier alpha value is -1.89. The van der Waals surface area contributed by atoms with Crippen molar-refractivity contribution in [2.45, 2.75) is 11.8 Å². The van der Waals surface area contributed by atoms with Crippen molar-refractivity contribution in [1.29, 1.82) is 0 Å². The van der Waals surface area contributed by atoms with E-state index in [1.165, 1.54) is 13.2 Å². The van der Waals surface area contributed by atoms with Crippen molar-refractivity contribution in [3.63, 3.8) is 0 Å². The number of hydrogen-bond donors (Lipinski definition) is 2. The lowest BCUT2D eigenvalue weighted by molar-refractivity contribution is 0.588. The van der Waals surface area contributed by atoms with E-state index in [1.54, 1.807) is 6.07 Å². The van der Waals surface area contributed by atoms with Gasteiger partial charge in [0.15, 0.2) is 0 Å². The molecule has 0 saturated carbocycles. The summed E-state index contributed by atoms with van der Waals surface area (Å²) in [5.41, 5.74) is 3.06. The number of nitrogens with one attached hydrogen (secondary N) is 2. The van der Waals surface area contributed by atoms with E-state index in [4.69, 9.17) is 11.6 Å². The number of aryl methyl sites for hydroxylation is 1. The topological polar surface area (TPSA) is 74.8 Å². The molecule has 2 aromatic heterocycles.